The number of imidazole rings is 1. The highest BCUT2D eigenvalue weighted by molar-refractivity contribution is 5.57. The van der Waals surface area contributed by atoms with Crippen LogP contribution in [0.3, 0.4) is 0 Å². The number of hydrogen-bond acceptors (Lipinski definition) is 4. The van der Waals surface area contributed by atoms with E-state index in [0.29, 0.717) is 12.6 Å². The minimum atomic E-state index is 0.520. The second kappa shape index (κ2) is 5.42. The number of fused-ring (bicyclic) bond motifs is 1. The lowest BCUT2D eigenvalue weighted by atomic mass is 10.2. The van der Waals surface area contributed by atoms with Crippen LogP contribution in [0.4, 0.5) is 5.82 Å². The SMILES string of the molecule is CN(C)CC1CCCN1c1nc2ccccn2c1CN. The van der Waals surface area contributed by atoms with E-state index in [9.17, 15) is 0 Å². The number of likely N-dealkylation sites (N-methyl/N-ethyl adjacent to an activating group) is 1. The molecule has 5 heteroatoms. The summed E-state index contributed by atoms with van der Waals surface area (Å²) in [6.45, 7) is 2.67. The first-order chi connectivity index (χ1) is 9.70. The molecule has 0 radical (unpaired) electrons. The first kappa shape index (κ1) is 13.4. The molecule has 1 aliphatic heterocycles. The summed E-state index contributed by atoms with van der Waals surface area (Å²) >= 11 is 0. The van der Waals surface area contributed by atoms with Crippen molar-refractivity contribution in [3.05, 3.63) is 30.1 Å². The average molecular weight is 273 g/mol. The molecule has 2 N–H and O–H groups in total. The van der Waals surface area contributed by atoms with Gasteiger partial charge in [-0.1, -0.05) is 6.07 Å². The fraction of sp³-hybridized carbons (Fsp3) is 0.533. The lowest BCUT2D eigenvalue weighted by Crippen LogP contribution is -2.38. The van der Waals surface area contributed by atoms with Crippen LogP contribution in [-0.2, 0) is 6.54 Å². The summed E-state index contributed by atoms with van der Waals surface area (Å²) in [7, 11) is 4.26. The van der Waals surface area contributed by atoms with Gasteiger partial charge in [-0.15, -0.1) is 0 Å². The van der Waals surface area contributed by atoms with Crippen LogP contribution in [0.15, 0.2) is 24.4 Å². The van der Waals surface area contributed by atoms with Crippen LogP contribution in [0, 0.1) is 0 Å². The van der Waals surface area contributed by atoms with Crippen molar-refractivity contribution in [1.29, 1.82) is 0 Å². The molecule has 1 saturated heterocycles. The molecule has 3 heterocycles. The summed E-state index contributed by atoms with van der Waals surface area (Å²) in [5.41, 5.74) is 8.08. The summed E-state index contributed by atoms with van der Waals surface area (Å²) in [5.74, 6) is 1.07. The Kier molecular flexibility index (Phi) is 3.63. The van der Waals surface area contributed by atoms with E-state index in [0.717, 1.165) is 30.2 Å². The molecule has 0 saturated carbocycles. The zero-order valence-corrected chi connectivity index (χ0v) is 12.3. The van der Waals surface area contributed by atoms with Crippen LogP contribution in [0.2, 0.25) is 0 Å². The third-order valence-corrected chi connectivity index (χ3v) is 4.03. The normalized spacial score (nSPS) is 19.4. The zero-order valence-electron chi connectivity index (χ0n) is 12.3. The van der Waals surface area contributed by atoms with Gasteiger partial charge in [0.1, 0.15) is 5.65 Å². The summed E-state index contributed by atoms with van der Waals surface area (Å²) in [6.07, 6.45) is 4.51. The number of hydrogen-bond donors (Lipinski definition) is 1. The molecule has 1 aliphatic rings. The maximum absolute atomic E-state index is 5.98. The summed E-state index contributed by atoms with van der Waals surface area (Å²) < 4.78 is 2.11. The molecule has 108 valence electrons. The molecule has 1 unspecified atom stereocenters. The van der Waals surface area contributed by atoms with Gasteiger partial charge in [0, 0.05) is 31.9 Å². The molecule has 5 nitrogen and oxygen atoms in total. The highest BCUT2D eigenvalue weighted by Gasteiger charge is 2.29. The van der Waals surface area contributed by atoms with E-state index >= 15 is 0 Å². The van der Waals surface area contributed by atoms with E-state index in [2.05, 4.69) is 28.3 Å². The smallest absolute Gasteiger partial charge is 0.152 e. The van der Waals surface area contributed by atoms with Crippen LogP contribution >= 0.6 is 0 Å². The Morgan fingerprint density at radius 1 is 1.40 bits per heavy atom. The number of pyridine rings is 1. The number of nitrogens with two attached hydrogens (primary N) is 1. The zero-order chi connectivity index (χ0) is 14.1. The van der Waals surface area contributed by atoms with Crippen molar-refractivity contribution in [2.24, 2.45) is 5.73 Å². The monoisotopic (exact) mass is 273 g/mol. The van der Waals surface area contributed by atoms with E-state index in [1.54, 1.807) is 0 Å². The first-order valence-corrected chi connectivity index (χ1v) is 7.28. The molecule has 2 aromatic rings. The first-order valence-electron chi connectivity index (χ1n) is 7.28. The molecule has 2 aromatic heterocycles. The predicted molar refractivity (Wildman–Crippen MR) is 82.0 cm³/mol. The number of rotatable bonds is 4. The Balaban J connectivity index is 2.00. The van der Waals surface area contributed by atoms with E-state index in [-0.39, 0.29) is 0 Å². The second-order valence-corrected chi connectivity index (χ2v) is 5.77. The molecule has 0 amide bonds. The molecule has 1 atom stereocenters. The van der Waals surface area contributed by atoms with E-state index in [1.807, 2.05) is 24.4 Å². The number of nitrogens with zero attached hydrogens (tertiary/aromatic N) is 4. The average Bonchev–Trinajstić information content (AvgIpc) is 3.00. The third kappa shape index (κ3) is 2.27. The molecular formula is C15H23N5. The Morgan fingerprint density at radius 3 is 3.00 bits per heavy atom. The Hall–Kier alpha value is -1.59. The lowest BCUT2D eigenvalue weighted by Gasteiger charge is -2.28. The van der Waals surface area contributed by atoms with Crippen LogP contribution in [0.1, 0.15) is 18.5 Å². The van der Waals surface area contributed by atoms with Gasteiger partial charge < -0.3 is 19.9 Å². The fourth-order valence-electron chi connectivity index (χ4n) is 3.18. The van der Waals surface area contributed by atoms with Gasteiger partial charge in [0.2, 0.25) is 0 Å². The molecular weight excluding hydrogens is 250 g/mol. The minimum absolute atomic E-state index is 0.520. The van der Waals surface area contributed by atoms with E-state index in [1.165, 1.54) is 12.8 Å². The molecule has 1 fully saturated rings. The highest BCUT2D eigenvalue weighted by atomic mass is 15.3. The van der Waals surface area contributed by atoms with Gasteiger partial charge in [0.05, 0.1) is 5.69 Å². The summed E-state index contributed by atoms with van der Waals surface area (Å²) in [6, 6.07) is 6.63. The maximum Gasteiger partial charge on any atom is 0.152 e. The van der Waals surface area contributed by atoms with Gasteiger partial charge in [-0.05, 0) is 39.1 Å². The van der Waals surface area contributed by atoms with Gasteiger partial charge in [-0.25, -0.2) is 4.98 Å². The topological polar surface area (TPSA) is 49.8 Å². The predicted octanol–water partition coefficient (Wildman–Crippen LogP) is 1.32. The van der Waals surface area contributed by atoms with Crippen molar-refractivity contribution >= 4 is 11.5 Å². The number of aromatic nitrogens is 2. The lowest BCUT2D eigenvalue weighted by molar-refractivity contribution is 0.371. The van der Waals surface area contributed by atoms with Gasteiger partial charge in [0.25, 0.3) is 0 Å². The quantitative estimate of drug-likeness (QED) is 0.913. The molecule has 0 spiro atoms. The molecule has 0 bridgehead atoms. The summed E-state index contributed by atoms with van der Waals surface area (Å²) in [4.78, 5) is 9.50. The van der Waals surface area contributed by atoms with Crippen molar-refractivity contribution < 1.29 is 0 Å². The van der Waals surface area contributed by atoms with Crippen molar-refractivity contribution in [2.75, 3.05) is 32.1 Å². The van der Waals surface area contributed by atoms with E-state index in [4.69, 9.17) is 10.7 Å². The van der Waals surface area contributed by atoms with Crippen molar-refractivity contribution in [3.63, 3.8) is 0 Å². The van der Waals surface area contributed by atoms with Gasteiger partial charge in [-0.2, -0.15) is 0 Å². The van der Waals surface area contributed by atoms with Crippen LogP contribution < -0.4 is 10.6 Å². The maximum atomic E-state index is 5.98. The van der Waals surface area contributed by atoms with Crippen LogP contribution in [0.5, 0.6) is 0 Å². The molecule has 20 heavy (non-hydrogen) atoms. The van der Waals surface area contributed by atoms with Crippen LogP contribution in [-0.4, -0.2) is 47.5 Å². The Labute approximate surface area is 120 Å². The second-order valence-electron chi connectivity index (χ2n) is 5.77. The van der Waals surface area contributed by atoms with Crippen molar-refractivity contribution in [3.8, 4) is 0 Å². The molecule has 0 aromatic carbocycles. The third-order valence-electron chi connectivity index (χ3n) is 4.03. The van der Waals surface area contributed by atoms with Gasteiger partial charge >= 0.3 is 0 Å². The van der Waals surface area contributed by atoms with Crippen molar-refractivity contribution in [2.45, 2.75) is 25.4 Å². The molecule has 0 aliphatic carbocycles. The van der Waals surface area contributed by atoms with Gasteiger partial charge in [0.15, 0.2) is 5.82 Å². The van der Waals surface area contributed by atoms with Crippen molar-refractivity contribution in [1.82, 2.24) is 14.3 Å². The van der Waals surface area contributed by atoms with E-state index < -0.39 is 0 Å². The highest BCUT2D eigenvalue weighted by Crippen LogP contribution is 2.29. The largest absolute Gasteiger partial charge is 0.351 e. The fourth-order valence-corrected chi connectivity index (χ4v) is 3.18. The summed E-state index contributed by atoms with van der Waals surface area (Å²) in [5, 5.41) is 0. The Bertz CT molecular complexity index is 589. The standard InChI is InChI=1S/C15H23N5/c1-18(2)11-12-6-5-9-19(12)15-13(10-16)20-8-4-3-7-14(20)17-15/h3-4,7-8,12H,5-6,9-11,16H2,1-2H3. The number of anilines is 1. The molecule has 3 rings (SSSR count). The van der Waals surface area contributed by atoms with Gasteiger partial charge in [-0.3, -0.25) is 0 Å². The minimum Gasteiger partial charge on any atom is -0.351 e. The Morgan fingerprint density at radius 2 is 2.25 bits per heavy atom. The van der Waals surface area contributed by atoms with Crippen LogP contribution in [0.25, 0.3) is 5.65 Å².